The van der Waals surface area contributed by atoms with E-state index in [0.29, 0.717) is 30.2 Å². The van der Waals surface area contributed by atoms with Crippen LogP contribution in [0.4, 0.5) is 0 Å². The second kappa shape index (κ2) is 7.33. The molecule has 2 rings (SSSR count). The third-order valence-corrected chi connectivity index (χ3v) is 3.86. The number of hydrogen-bond donors (Lipinski definition) is 0. The summed E-state index contributed by atoms with van der Waals surface area (Å²) < 4.78 is 11.9. The molecule has 0 aliphatic carbocycles. The molecule has 130 valence electrons. The predicted molar refractivity (Wildman–Crippen MR) is 87.6 cm³/mol. The van der Waals surface area contributed by atoms with E-state index >= 15 is 0 Å². The van der Waals surface area contributed by atoms with Gasteiger partial charge < -0.3 is 18.7 Å². The van der Waals surface area contributed by atoms with E-state index in [1.807, 2.05) is 25.3 Å². The van der Waals surface area contributed by atoms with Crippen LogP contribution in [0.3, 0.4) is 0 Å². The van der Waals surface area contributed by atoms with Crippen molar-refractivity contribution in [3.05, 3.63) is 40.5 Å². The molecular formula is C17H23N3O4. The summed E-state index contributed by atoms with van der Waals surface area (Å²) in [7, 11) is 1.72. The van der Waals surface area contributed by atoms with Crippen LogP contribution in [0.1, 0.15) is 40.1 Å². The lowest BCUT2D eigenvalue weighted by atomic mass is 10.2. The molecule has 0 radical (unpaired) electrons. The quantitative estimate of drug-likeness (QED) is 0.758. The van der Waals surface area contributed by atoms with E-state index in [9.17, 15) is 9.59 Å². The van der Waals surface area contributed by atoms with Gasteiger partial charge in [-0.3, -0.25) is 4.79 Å². The van der Waals surface area contributed by atoms with Crippen molar-refractivity contribution in [1.29, 1.82) is 0 Å². The highest BCUT2D eigenvalue weighted by atomic mass is 16.5. The van der Waals surface area contributed by atoms with Gasteiger partial charge in [-0.15, -0.1) is 0 Å². The Balaban J connectivity index is 2.09. The first-order chi connectivity index (χ1) is 11.3. The molecule has 0 spiro atoms. The topological polar surface area (TPSA) is 77.6 Å². The number of aryl methyl sites for hydroxylation is 2. The molecule has 0 saturated heterocycles. The van der Waals surface area contributed by atoms with E-state index in [2.05, 4.69) is 5.16 Å². The van der Waals surface area contributed by atoms with Crippen molar-refractivity contribution in [2.45, 2.75) is 40.8 Å². The normalized spacial score (nSPS) is 10.7. The van der Waals surface area contributed by atoms with Crippen molar-refractivity contribution >= 4 is 11.9 Å². The maximum absolute atomic E-state index is 12.5. The molecule has 7 heteroatoms. The molecule has 0 unspecified atom stereocenters. The fraction of sp³-hybridized carbons (Fsp3) is 0.471. The second-order valence-electron chi connectivity index (χ2n) is 5.77. The molecule has 1 amide bonds. The van der Waals surface area contributed by atoms with Crippen LogP contribution in [0.2, 0.25) is 0 Å². The molecule has 0 bridgehead atoms. The Morgan fingerprint density at radius 2 is 2.00 bits per heavy atom. The van der Waals surface area contributed by atoms with Crippen LogP contribution >= 0.6 is 0 Å². The monoisotopic (exact) mass is 333 g/mol. The van der Waals surface area contributed by atoms with E-state index in [-0.39, 0.29) is 18.4 Å². The maximum Gasteiger partial charge on any atom is 0.339 e. The predicted octanol–water partition coefficient (Wildman–Crippen LogP) is 2.24. The number of likely N-dealkylation sites (N-methyl/N-ethyl adjacent to an activating group) is 1. The molecule has 7 nitrogen and oxygen atoms in total. The summed E-state index contributed by atoms with van der Waals surface area (Å²) >= 11 is 0. The van der Waals surface area contributed by atoms with Crippen LogP contribution in [0.5, 0.6) is 0 Å². The summed E-state index contributed by atoms with van der Waals surface area (Å²) in [5.74, 6) is 0.269. The minimum Gasteiger partial charge on any atom is -0.462 e. The van der Waals surface area contributed by atoms with Gasteiger partial charge in [0.2, 0.25) is 5.91 Å². The Morgan fingerprint density at radius 3 is 2.58 bits per heavy atom. The molecule has 0 saturated carbocycles. The van der Waals surface area contributed by atoms with E-state index in [1.54, 1.807) is 31.0 Å². The van der Waals surface area contributed by atoms with E-state index in [1.165, 1.54) is 0 Å². The number of ether oxygens (including phenoxy) is 1. The third-order valence-electron chi connectivity index (χ3n) is 3.86. The Morgan fingerprint density at radius 1 is 1.29 bits per heavy atom. The number of nitrogens with zero attached hydrogens (tertiary/aromatic N) is 3. The molecular weight excluding hydrogens is 310 g/mol. The van der Waals surface area contributed by atoms with Crippen molar-refractivity contribution in [2.75, 3.05) is 13.7 Å². The van der Waals surface area contributed by atoms with E-state index in [0.717, 1.165) is 11.4 Å². The first-order valence-electron chi connectivity index (χ1n) is 7.83. The van der Waals surface area contributed by atoms with Gasteiger partial charge in [-0.05, 0) is 33.8 Å². The van der Waals surface area contributed by atoms with E-state index in [4.69, 9.17) is 9.26 Å². The zero-order valence-electron chi connectivity index (χ0n) is 14.8. The molecule has 0 N–H and O–H groups in total. The SMILES string of the molecule is CCOC(=O)c1cc(C)n(CC(=O)N(C)Cc2cc(C)on2)c1C. The van der Waals surface area contributed by atoms with Gasteiger partial charge in [0.1, 0.15) is 18.0 Å². The Hall–Kier alpha value is -2.57. The molecule has 0 aliphatic rings. The smallest absolute Gasteiger partial charge is 0.339 e. The number of hydrogen-bond acceptors (Lipinski definition) is 5. The van der Waals surface area contributed by atoms with Crippen LogP contribution < -0.4 is 0 Å². The van der Waals surface area contributed by atoms with Gasteiger partial charge >= 0.3 is 5.97 Å². The number of amides is 1. The van der Waals surface area contributed by atoms with Crippen LogP contribution in [-0.2, 0) is 22.6 Å². The van der Waals surface area contributed by atoms with Gasteiger partial charge in [0.25, 0.3) is 0 Å². The third kappa shape index (κ3) is 3.84. The highest BCUT2D eigenvalue weighted by Crippen LogP contribution is 2.17. The second-order valence-corrected chi connectivity index (χ2v) is 5.77. The fourth-order valence-electron chi connectivity index (χ4n) is 2.54. The molecule has 2 aromatic rings. The number of aromatic nitrogens is 2. The lowest BCUT2D eigenvalue weighted by Crippen LogP contribution is -2.30. The highest BCUT2D eigenvalue weighted by Gasteiger charge is 2.19. The van der Waals surface area contributed by atoms with E-state index < -0.39 is 0 Å². The first-order valence-corrected chi connectivity index (χ1v) is 7.83. The summed E-state index contributed by atoms with van der Waals surface area (Å²) in [4.78, 5) is 26.0. The summed E-state index contributed by atoms with van der Waals surface area (Å²) in [6.07, 6.45) is 0. The van der Waals surface area contributed by atoms with Gasteiger partial charge in [0.05, 0.1) is 18.7 Å². The minimum atomic E-state index is -0.365. The highest BCUT2D eigenvalue weighted by molar-refractivity contribution is 5.91. The maximum atomic E-state index is 12.5. The molecule has 0 aromatic carbocycles. The Kier molecular flexibility index (Phi) is 5.43. The zero-order valence-corrected chi connectivity index (χ0v) is 14.8. The van der Waals surface area contributed by atoms with Crippen molar-refractivity contribution in [1.82, 2.24) is 14.6 Å². The van der Waals surface area contributed by atoms with Crippen LogP contribution in [0, 0.1) is 20.8 Å². The fourth-order valence-corrected chi connectivity index (χ4v) is 2.54. The molecule has 0 aliphatic heterocycles. The summed E-state index contributed by atoms with van der Waals surface area (Å²) in [5, 5.41) is 3.89. The standard InChI is InChI=1S/C17H23N3O4/c1-6-23-17(22)15-7-11(2)20(13(15)4)10-16(21)19(5)9-14-8-12(3)24-18-14/h7-8H,6,9-10H2,1-5H3. The van der Waals surface area contributed by atoms with Gasteiger partial charge in [-0.25, -0.2) is 4.79 Å². The lowest BCUT2D eigenvalue weighted by molar-refractivity contribution is -0.131. The molecule has 0 fully saturated rings. The number of carbonyl (C=O) groups is 2. The van der Waals surface area contributed by atoms with Crippen molar-refractivity contribution in [3.63, 3.8) is 0 Å². The Bertz CT molecular complexity index is 745. The van der Waals surface area contributed by atoms with Crippen LogP contribution in [0.25, 0.3) is 0 Å². The average Bonchev–Trinajstić information content (AvgIpc) is 3.05. The number of rotatable bonds is 6. The molecule has 2 aromatic heterocycles. The van der Waals surface area contributed by atoms with Gasteiger partial charge in [-0.2, -0.15) is 0 Å². The average molecular weight is 333 g/mol. The number of esters is 1. The van der Waals surface area contributed by atoms with Gasteiger partial charge in [0, 0.05) is 24.5 Å². The summed E-state index contributed by atoms with van der Waals surface area (Å²) in [5.41, 5.74) is 2.77. The molecule has 24 heavy (non-hydrogen) atoms. The van der Waals surface area contributed by atoms with Crippen molar-refractivity contribution in [2.24, 2.45) is 0 Å². The van der Waals surface area contributed by atoms with Crippen molar-refractivity contribution in [3.8, 4) is 0 Å². The van der Waals surface area contributed by atoms with Gasteiger partial charge in [-0.1, -0.05) is 5.16 Å². The van der Waals surface area contributed by atoms with Crippen molar-refractivity contribution < 1.29 is 18.8 Å². The van der Waals surface area contributed by atoms with Crippen LogP contribution in [-0.4, -0.2) is 40.2 Å². The first kappa shape index (κ1) is 17.8. The van der Waals surface area contributed by atoms with Crippen LogP contribution in [0.15, 0.2) is 16.7 Å². The largest absolute Gasteiger partial charge is 0.462 e. The molecule has 0 atom stereocenters. The lowest BCUT2D eigenvalue weighted by Gasteiger charge is -2.17. The minimum absolute atomic E-state index is 0.0761. The summed E-state index contributed by atoms with van der Waals surface area (Å²) in [6.45, 7) is 8.10. The summed E-state index contributed by atoms with van der Waals surface area (Å²) in [6, 6.07) is 3.55. The number of carbonyl (C=O) groups excluding carboxylic acids is 2. The Labute approximate surface area is 141 Å². The zero-order chi connectivity index (χ0) is 17.9. The van der Waals surface area contributed by atoms with Gasteiger partial charge in [0.15, 0.2) is 0 Å². The molecule has 2 heterocycles.